The molecule has 1 aliphatic carbocycles. The first-order valence-corrected chi connectivity index (χ1v) is 12.7. The molecule has 0 bridgehead atoms. The molecule has 2 amide bonds. The van der Waals surface area contributed by atoms with Gasteiger partial charge in [0.25, 0.3) is 0 Å². The molecule has 1 saturated carbocycles. The normalized spacial score (nSPS) is 21.9. The first-order valence-electron chi connectivity index (χ1n) is 12.7. The van der Waals surface area contributed by atoms with Crippen LogP contribution in [0, 0.1) is 5.92 Å². The molecule has 3 aromatic rings. The van der Waals surface area contributed by atoms with Gasteiger partial charge >= 0.3 is 6.18 Å². The minimum absolute atomic E-state index is 0.112. The molecule has 2 aliphatic rings. The van der Waals surface area contributed by atoms with Crippen LogP contribution >= 0.6 is 0 Å². The second kappa shape index (κ2) is 10.5. The standard InChI is InChI=1S/C28H29F3N4O3/c1-38-21-9-5-8-20(14-21)35-16-17(12-26(35)36)27(37)33-19-7-4-6-18(13-19)32-24-15-25(28(29,30)31)34-23-11-3-2-10-22(23)24/h2-3,5,8-11,14-15,17-19H,4,6-7,12-13,16H2,1H3,(H,32,34)(H,33,37)/t17?,18-,19+/m0/s1. The van der Waals surface area contributed by atoms with Gasteiger partial charge in [-0.1, -0.05) is 24.3 Å². The van der Waals surface area contributed by atoms with Gasteiger partial charge in [0.2, 0.25) is 11.8 Å². The van der Waals surface area contributed by atoms with Crippen LogP contribution in [0.2, 0.25) is 0 Å². The number of fused-ring (bicyclic) bond motifs is 1. The van der Waals surface area contributed by atoms with Crippen LogP contribution in [-0.4, -0.2) is 42.5 Å². The average molecular weight is 527 g/mol. The van der Waals surface area contributed by atoms with Crippen molar-refractivity contribution in [2.45, 2.75) is 50.4 Å². The molecule has 3 atom stereocenters. The predicted octanol–water partition coefficient (Wildman–Crippen LogP) is 5.15. The number of anilines is 2. The van der Waals surface area contributed by atoms with Crippen molar-refractivity contribution in [3.05, 3.63) is 60.3 Å². The summed E-state index contributed by atoms with van der Waals surface area (Å²) in [6, 6.07) is 14.7. The number of carbonyl (C=O) groups is 2. The predicted molar refractivity (Wildman–Crippen MR) is 138 cm³/mol. The van der Waals surface area contributed by atoms with E-state index >= 15 is 0 Å². The minimum atomic E-state index is -4.55. The number of hydrogen-bond donors (Lipinski definition) is 2. The molecule has 1 unspecified atom stereocenters. The fourth-order valence-electron chi connectivity index (χ4n) is 5.34. The number of rotatable bonds is 6. The third-order valence-electron chi connectivity index (χ3n) is 7.25. The molecule has 2 fully saturated rings. The maximum absolute atomic E-state index is 13.5. The third kappa shape index (κ3) is 5.54. The molecule has 200 valence electrons. The second-order valence-electron chi connectivity index (χ2n) is 9.89. The summed E-state index contributed by atoms with van der Waals surface area (Å²) in [6.07, 6.45) is -1.49. The second-order valence-corrected chi connectivity index (χ2v) is 9.89. The van der Waals surface area contributed by atoms with Crippen LogP contribution in [0.4, 0.5) is 24.5 Å². The van der Waals surface area contributed by atoms with Gasteiger partial charge in [0.05, 0.1) is 18.5 Å². The van der Waals surface area contributed by atoms with E-state index in [2.05, 4.69) is 15.6 Å². The summed E-state index contributed by atoms with van der Waals surface area (Å²) in [5, 5.41) is 7.00. The van der Waals surface area contributed by atoms with E-state index in [1.54, 1.807) is 54.5 Å². The number of alkyl halides is 3. The van der Waals surface area contributed by atoms with Crippen molar-refractivity contribution in [2.24, 2.45) is 5.92 Å². The van der Waals surface area contributed by atoms with Crippen molar-refractivity contribution < 1.29 is 27.5 Å². The number of amides is 2. The van der Waals surface area contributed by atoms with Crippen LogP contribution in [-0.2, 0) is 15.8 Å². The lowest BCUT2D eigenvalue weighted by atomic mass is 9.90. The Kier molecular flexibility index (Phi) is 7.14. The van der Waals surface area contributed by atoms with Crippen LogP contribution in [0.3, 0.4) is 0 Å². The molecule has 2 heterocycles. The Labute approximate surface area is 218 Å². The summed E-state index contributed by atoms with van der Waals surface area (Å²) in [4.78, 5) is 31.1. The van der Waals surface area contributed by atoms with E-state index in [1.165, 1.54) is 0 Å². The van der Waals surface area contributed by atoms with Gasteiger partial charge in [-0.2, -0.15) is 13.2 Å². The quantitative estimate of drug-likeness (QED) is 0.464. The molecule has 0 spiro atoms. The van der Waals surface area contributed by atoms with Crippen molar-refractivity contribution in [1.29, 1.82) is 0 Å². The summed E-state index contributed by atoms with van der Waals surface area (Å²) in [5.74, 6) is -0.136. The van der Waals surface area contributed by atoms with Gasteiger partial charge in [0, 0.05) is 47.9 Å². The molecular formula is C28H29F3N4O3. The number of pyridine rings is 1. The topological polar surface area (TPSA) is 83.6 Å². The average Bonchev–Trinajstić information content (AvgIpc) is 3.30. The Morgan fingerprint density at radius 1 is 1.08 bits per heavy atom. The molecule has 1 aromatic heterocycles. The zero-order valence-corrected chi connectivity index (χ0v) is 20.9. The highest BCUT2D eigenvalue weighted by Crippen LogP contribution is 2.34. The SMILES string of the molecule is COc1cccc(N2CC(C(=O)N[C@@H]3CCC[C@H](Nc4cc(C(F)(F)F)nc5ccccc45)C3)CC2=O)c1. The molecule has 1 aliphatic heterocycles. The van der Waals surface area contributed by atoms with Crippen LogP contribution in [0.25, 0.3) is 10.9 Å². The van der Waals surface area contributed by atoms with Crippen LogP contribution < -0.4 is 20.3 Å². The fraction of sp³-hybridized carbons (Fsp3) is 0.393. The van der Waals surface area contributed by atoms with Gasteiger partial charge in [-0.05, 0) is 49.9 Å². The van der Waals surface area contributed by atoms with E-state index in [0.29, 0.717) is 28.9 Å². The zero-order valence-electron chi connectivity index (χ0n) is 20.9. The van der Waals surface area contributed by atoms with Gasteiger partial charge < -0.3 is 20.3 Å². The Morgan fingerprint density at radius 2 is 1.87 bits per heavy atom. The summed E-state index contributed by atoms with van der Waals surface area (Å²) >= 11 is 0. The highest BCUT2D eigenvalue weighted by molar-refractivity contribution is 6.00. The molecule has 5 rings (SSSR count). The van der Waals surface area contributed by atoms with Gasteiger partial charge in [-0.15, -0.1) is 0 Å². The Bertz CT molecular complexity index is 1350. The molecule has 38 heavy (non-hydrogen) atoms. The number of ether oxygens (including phenoxy) is 1. The Morgan fingerprint density at radius 3 is 2.66 bits per heavy atom. The smallest absolute Gasteiger partial charge is 0.433 e. The first kappa shape index (κ1) is 25.8. The number of benzene rings is 2. The maximum atomic E-state index is 13.5. The van der Waals surface area contributed by atoms with E-state index in [1.807, 2.05) is 6.07 Å². The summed E-state index contributed by atoms with van der Waals surface area (Å²) in [5.41, 5.74) is 0.410. The van der Waals surface area contributed by atoms with Crippen molar-refractivity contribution in [2.75, 3.05) is 23.9 Å². The summed E-state index contributed by atoms with van der Waals surface area (Å²) in [7, 11) is 1.56. The van der Waals surface area contributed by atoms with E-state index in [-0.39, 0.29) is 42.4 Å². The monoisotopic (exact) mass is 526 g/mol. The lowest BCUT2D eigenvalue weighted by molar-refractivity contribution is -0.141. The van der Waals surface area contributed by atoms with E-state index in [0.717, 1.165) is 25.3 Å². The number of carbonyl (C=O) groups excluding carboxylic acids is 2. The van der Waals surface area contributed by atoms with Crippen molar-refractivity contribution in [3.8, 4) is 5.75 Å². The number of halogens is 3. The number of para-hydroxylation sites is 1. The largest absolute Gasteiger partial charge is 0.497 e. The van der Waals surface area contributed by atoms with Gasteiger partial charge in [-0.25, -0.2) is 4.98 Å². The number of hydrogen-bond acceptors (Lipinski definition) is 5. The zero-order chi connectivity index (χ0) is 26.9. The molecule has 7 nitrogen and oxygen atoms in total. The van der Waals surface area contributed by atoms with Crippen LogP contribution in [0.1, 0.15) is 37.8 Å². The number of methoxy groups -OCH3 is 1. The van der Waals surface area contributed by atoms with Crippen molar-refractivity contribution in [1.82, 2.24) is 10.3 Å². The van der Waals surface area contributed by atoms with E-state index in [9.17, 15) is 22.8 Å². The van der Waals surface area contributed by atoms with E-state index in [4.69, 9.17) is 4.74 Å². The van der Waals surface area contributed by atoms with Gasteiger partial charge in [0.15, 0.2) is 0 Å². The summed E-state index contributed by atoms with van der Waals surface area (Å²) in [6.45, 7) is 0.287. The molecule has 1 saturated heterocycles. The van der Waals surface area contributed by atoms with E-state index < -0.39 is 17.8 Å². The number of nitrogens with zero attached hydrogens (tertiary/aromatic N) is 2. The van der Waals surface area contributed by atoms with Crippen molar-refractivity contribution in [3.63, 3.8) is 0 Å². The Hall–Kier alpha value is -3.82. The molecule has 2 N–H and O–H groups in total. The lowest BCUT2D eigenvalue weighted by Crippen LogP contribution is -2.44. The van der Waals surface area contributed by atoms with Crippen LogP contribution in [0.15, 0.2) is 54.6 Å². The molecule has 0 radical (unpaired) electrons. The first-order chi connectivity index (χ1) is 18.2. The molecule has 2 aromatic carbocycles. The lowest BCUT2D eigenvalue weighted by Gasteiger charge is -2.32. The third-order valence-corrected chi connectivity index (χ3v) is 7.25. The van der Waals surface area contributed by atoms with Gasteiger partial charge in [-0.3, -0.25) is 9.59 Å². The van der Waals surface area contributed by atoms with Gasteiger partial charge in [0.1, 0.15) is 11.4 Å². The fourth-order valence-corrected chi connectivity index (χ4v) is 5.34. The molecular weight excluding hydrogens is 497 g/mol. The highest BCUT2D eigenvalue weighted by Gasteiger charge is 2.37. The number of nitrogens with one attached hydrogen (secondary N) is 2. The number of aromatic nitrogens is 1. The summed E-state index contributed by atoms with van der Waals surface area (Å²) < 4.78 is 45.6. The molecule has 10 heteroatoms. The van der Waals surface area contributed by atoms with Crippen molar-refractivity contribution >= 4 is 34.1 Å². The van der Waals surface area contributed by atoms with Crippen LogP contribution in [0.5, 0.6) is 5.75 Å². The Balaban J connectivity index is 1.24. The minimum Gasteiger partial charge on any atom is -0.497 e. The highest BCUT2D eigenvalue weighted by atomic mass is 19.4. The maximum Gasteiger partial charge on any atom is 0.433 e.